The van der Waals surface area contributed by atoms with Crippen LogP contribution < -0.4 is 10.6 Å². The lowest BCUT2D eigenvalue weighted by Crippen LogP contribution is -2.28. The highest BCUT2D eigenvalue weighted by atomic mass is 16.2. The second-order valence-corrected chi connectivity index (χ2v) is 6.22. The normalized spacial score (nSPS) is 10.3. The maximum Gasteiger partial charge on any atom is 0.319 e. The minimum atomic E-state index is -0.350. The van der Waals surface area contributed by atoms with Crippen molar-refractivity contribution in [2.75, 3.05) is 19.4 Å². The first-order valence-corrected chi connectivity index (χ1v) is 8.48. The van der Waals surface area contributed by atoms with Gasteiger partial charge in [-0.2, -0.15) is 5.10 Å². The summed E-state index contributed by atoms with van der Waals surface area (Å²) in [5, 5.41) is 9.82. The van der Waals surface area contributed by atoms with E-state index in [1.807, 2.05) is 36.5 Å². The Labute approximate surface area is 157 Å². The van der Waals surface area contributed by atoms with Crippen molar-refractivity contribution in [3.63, 3.8) is 0 Å². The number of hydrogen-bond donors (Lipinski definition) is 2. The zero-order valence-corrected chi connectivity index (χ0v) is 15.2. The van der Waals surface area contributed by atoms with E-state index >= 15 is 0 Å². The molecular formula is C20H21N5O2. The van der Waals surface area contributed by atoms with Gasteiger partial charge >= 0.3 is 6.03 Å². The molecule has 0 atom stereocenters. The van der Waals surface area contributed by atoms with Gasteiger partial charge in [0.1, 0.15) is 0 Å². The van der Waals surface area contributed by atoms with Gasteiger partial charge in [0.15, 0.2) is 0 Å². The Balaban J connectivity index is 1.57. The molecule has 0 aliphatic rings. The summed E-state index contributed by atoms with van der Waals surface area (Å²) in [4.78, 5) is 25.6. The van der Waals surface area contributed by atoms with Gasteiger partial charge in [-0.3, -0.25) is 4.79 Å². The van der Waals surface area contributed by atoms with Crippen molar-refractivity contribution in [3.05, 3.63) is 78.1 Å². The fraction of sp³-hybridized carbons (Fsp3) is 0.150. The Morgan fingerprint density at radius 2 is 1.85 bits per heavy atom. The number of benzene rings is 2. The predicted molar refractivity (Wildman–Crippen MR) is 104 cm³/mol. The molecule has 1 heterocycles. The van der Waals surface area contributed by atoms with Crippen LogP contribution in [0.25, 0.3) is 5.69 Å². The molecule has 2 aromatic carbocycles. The van der Waals surface area contributed by atoms with E-state index in [-0.39, 0.29) is 11.9 Å². The average molecular weight is 363 g/mol. The van der Waals surface area contributed by atoms with Crippen LogP contribution in [-0.4, -0.2) is 40.7 Å². The number of carbonyl (C=O) groups excluding carboxylic acids is 2. The second-order valence-electron chi connectivity index (χ2n) is 6.22. The minimum Gasteiger partial charge on any atom is -0.345 e. The molecule has 0 saturated heterocycles. The van der Waals surface area contributed by atoms with E-state index in [1.54, 1.807) is 49.2 Å². The molecule has 2 N–H and O–H groups in total. The van der Waals surface area contributed by atoms with Gasteiger partial charge in [-0.1, -0.05) is 24.3 Å². The van der Waals surface area contributed by atoms with Crippen LogP contribution in [0, 0.1) is 0 Å². The van der Waals surface area contributed by atoms with E-state index in [1.165, 1.54) is 4.90 Å². The zero-order chi connectivity index (χ0) is 19.2. The average Bonchev–Trinajstić information content (AvgIpc) is 3.16. The van der Waals surface area contributed by atoms with Crippen LogP contribution in [0.4, 0.5) is 10.5 Å². The van der Waals surface area contributed by atoms with Gasteiger partial charge in [0, 0.05) is 43.7 Å². The van der Waals surface area contributed by atoms with E-state index in [4.69, 9.17) is 0 Å². The van der Waals surface area contributed by atoms with Crippen molar-refractivity contribution < 1.29 is 9.59 Å². The number of amides is 3. The molecule has 0 aliphatic heterocycles. The zero-order valence-electron chi connectivity index (χ0n) is 15.2. The number of para-hydroxylation sites is 1. The van der Waals surface area contributed by atoms with Crippen molar-refractivity contribution in [2.45, 2.75) is 6.54 Å². The van der Waals surface area contributed by atoms with Gasteiger partial charge in [0.25, 0.3) is 5.91 Å². The van der Waals surface area contributed by atoms with Gasteiger partial charge in [-0.25, -0.2) is 9.48 Å². The minimum absolute atomic E-state index is 0.118. The summed E-state index contributed by atoms with van der Waals surface area (Å²) < 4.78 is 1.76. The smallest absolute Gasteiger partial charge is 0.319 e. The summed E-state index contributed by atoms with van der Waals surface area (Å²) in [5.74, 6) is -0.118. The molecule has 0 unspecified atom stereocenters. The highest BCUT2D eigenvalue weighted by Gasteiger charge is 2.09. The Hall–Kier alpha value is -3.61. The molecule has 7 nitrogen and oxygen atoms in total. The lowest BCUT2D eigenvalue weighted by Gasteiger charge is -2.12. The van der Waals surface area contributed by atoms with Crippen molar-refractivity contribution >= 4 is 17.6 Å². The topological polar surface area (TPSA) is 79.3 Å². The number of carbonyl (C=O) groups is 2. The van der Waals surface area contributed by atoms with Gasteiger partial charge < -0.3 is 15.5 Å². The molecule has 3 amide bonds. The Bertz CT molecular complexity index is 934. The number of rotatable bonds is 5. The molecule has 0 bridgehead atoms. The van der Waals surface area contributed by atoms with Gasteiger partial charge in [-0.05, 0) is 30.3 Å². The molecular weight excluding hydrogens is 342 g/mol. The number of hydrogen-bond acceptors (Lipinski definition) is 3. The number of nitrogens with zero attached hydrogens (tertiary/aromatic N) is 3. The quantitative estimate of drug-likeness (QED) is 0.731. The summed E-state index contributed by atoms with van der Waals surface area (Å²) in [6, 6.07) is 16.2. The van der Waals surface area contributed by atoms with Crippen LogP contribution in [0.3, 0.4) is 0 Å². The molecule has 0 aliphatic carbocycles. The third-order valence-corrected chi connectivity index (χ3v) is 3.88. The highest BCUT2D eigenvalue weighted by Crippen LogP contribution is 2.12. The third kappa shape index (κ3) is 4.72. The number of urea groups is 1. The van der Waals surface area contributed by atoms with E-state index in [0.717, 1.165) is 11.3 Å². The SMILES string of the molecule is CN(C)C(=O)c1cccc(NC(=O)NCc2cnn(-c3ccccc3)c2)c1. The summed E-state index contributed by atoms with van der Waals surface area (Å²) in [6.45, 7) is 0.342. The van der Waals surface area contributed by atoms with E-state index in [0.29, 0.717) is 17.8 Å². The molecule has 0 fully saturated rings. The lowest BCUT2D eigenvalue weighted by atomic mass is 10.2. The number of aromatic nitrogens is 2. The third-order valence-electron chi connectivity index (χ3n) is 3.88. The van der Waals surface area contributed by atoms with Crippen molar-refractivity contribution in [2.24, 2.45) is 0 Å². The van der Waals surface area contributed by atoms with Gasteiger partial charge in [0.05, 0.1) is 11.9 Å². The van der Waals surface area contributed by atoms with E-state index < -0.39 is 0 Å². The second kappa shape index (κ2) is 8.18. The number of nitrogens with one attached hydrogen (secondary N) is 2. The summed E-state index contributed by atoms with van der Waals surface area (Å²) >= 11 is 0. The summed E-state index contributed by atoms with van der Waals surface area (Å²) in [5.41, 5.74) is 2.91. The van der Waals surface area contributed by atoms with Crippen molar-refractivity contribution in [1.82, 2.24) is 20.0 Å². The molecule has 3 aromatic rings. The van der Waals surface area contributed by atoms with E-state index in [2.05, 4.69) is 15.7 Å². The van der Waals surface area contributed by atoms with Gasteiger partial charge in [-0.15, -0.1) is 0 Å². The molecule has 1 aromatic heterocycles. The van der Waals surface area contributed by atoms with Crippen LogP contribution in [0.15, 0.2) is 67.0 Å². The van der Waals surface area contributed by atoms with Crippen LogP contribution >= 0.6 is 0 Å². The van der Waals surface area contributed by atoms with Crippen molar-refractivity contribution in [3.8, 4) is 5.69 Å². The lowest BCUT2D eigenvalue weighted by molar-refractivity contribution is 0.0827. The predicted octanol–water partition coefficient (Wildman–Crippen LogP) is 2.90. The maximum absolute atomic E-state index is 12.1. The van der Waals surface area contributed by atoms with Crippen molar-refractivity contribution in [1.29, 1.82) is 0 Å². The molecule has 0 spiro atoms. The first-order valence-electron chi connectivity index (χ1n) is 8.48. The van der Waals surface area contributed by atoms with Crippen LogP contribution in [0.5, 0.6) is 0 Å². The largest absolute Gasteiger partial charge is 0.345 e. The highest BCUT2D eigenvalue weighted by molar-refractivity contribution is 5.96. The summed E-state index contributed by atoms with van der Waals surface area (Å²) in [6.07, 6.45) is 3.58. The molecule has 0 radical (unpaired) electrons. The van der Waals surface area contributed by atoms with Crippen LogP contribution in [0.2, 0.25) is 0 Å². The maximum atomic E-state index is 12.1. The van der Waals surface area contributed by atoms with E-state index in [9.17, 15) is 9.59 Å². The fourth-order valence-electron chi connectivity index (χ4n) is 2.52. The Kier molecular flexibility index (Phi) is 5.51. The molecule has 7 heteroatoms. The van der Waals surface area contributed by atoms with Crippen LogP contribution in [-0.2, 0) is 6.54 Å². The Morgan fingerprint density at radius 3 is 2.59 bits per heavy atom. The molecule has 3 rings (SSSR count). The first kappa shape index (κ1) is 18.2. The standard InChI is InChI=1S/C20H21N5O2/c1-24(2)19(26)16-7-6-8-17(11-16)23-20(27)21-12-15-13-22-25(14-15)18-9-4-3-5-10-18/h3-11,13-14H,12H2,1-2H3,(H2,21,23,27). The Morgan fingerprint density at radius 1 is 1.07 bits per heavy atom. The molecule has 0 saturated carbocycles. The number of anilines is 1. The monoisotopic (exact) mass is 363 g/mol. The van der Waals surface area contributed by atoms with Gasteiger partial charge in [0.2, 0.25) is 0 Å². The summed E-state index contributed by atoms with van der Waals surface area (Å²) in [7, 11) is 3.37. The first-order chi connectivity index (χ1) is 13.0. The molecule has 27 heavy (non-hydrogen) atoms. The molecule has 138 valence electrons. The van der Waals surface area contributed by atoms with Crippen LogP contribution in [0.1, 0.15) is 15.9 Å². The fourth-order valence-corrected chi connectivity index (χ4v) is 2.52.